The van der Waals surface area contributed by atoms with Crippen LogP contribution in [0.3, 0.4) is 0 Å². The summed E-state index contributed by atoms with van der Waals surface area (Å²) < 4.78 is 0.978. The maximum atomic E-state index is 11.9. The van der Waals surface area contributed by atoms with Crippen LogP contribution in [0.2, 0.25) is 0 Å². The Morgan fingerprint density at radius 1 is 1.26 bits per heavy atom. The normalized spacial score (nSPS) is 22.8. The average molecular weight is 327 g/mol. The predicted octanol–water partition coefficient (Wildman–Crippen LogP) is 3.12. The molecule has 1 fully saturated rings. The van der Waals surface area contributed by atoms with E-state index in [1.165, 1.54) is 0 Å². The maximum Gasteiger partial charge on any atom is 0.319 e. The van der Waals surface area contributed by atoms with Gasteiger partial charge in [-0.2, -0.15) is 0 Å². The van der Waals surface area contributed by atoms with Gasteiger partial charge in [-0.15, -0.1) is 0 Å². The van der Waals surface area contributed by atoms with Gasteiger partial charge >= 0.3 is 6.03 Å². The number of benzene rings is 1. The van der Waals surface area contributed by atoms with E-state index in [0.717, 1.165) is 35.8 Å². The second-order valence-corrected chi connectivity index (χ2v) is 5.85. The van der Waals surface area contributed by atoms with E-state index in [2.05, 4.69) is 26.6 Å². The largest absolute Gasteiger partial charge is 0.396 e. The summed E-state index contributed by atoms with van der Waals surface area (Å²) in [6.07, 6.45) is 4.18. The molecule has 2 unspecified atom stereocenters. The summed E-state index contributed by atoms with van der Waals surface area (Å²) >= 11 is 3.35. The first-order valence-corrected chi connectivity index (χ1v) is 7.42. The van der Waals surface area contributed by atoms with Gasteiger partial charge in [0.1, 0.15) is 0 Å². The zero-order valence-electron chi connectivity index (χ0n) is 10.7. The first-order chi connectivity index (χ1) is 9.19. The van der Waals surface area contributed by atoms with Crippen molar-refractivity contribution in [3.05, 3.63) is 28.7 Å². The van der Waals surface area contributed by atoms with E-state index in [4.69, 9.17) is 0 Å². The number of carbonyl (C=O) groups excluding carboxylic acids is 1. The summed E-state index contributed by atoms with van der Waals surface area (Å²) in [5, 5.41) is 15.1. The molecule has 5 heteroatoms. The average Bonchev–Trinajstić information content (AvgIpc) is 2.42. The van der Waals surface area contributed by atoms with E-state index in [1.54, 1.807) is 0 Å². The molecule has 1 aliphatic carbocycles. The molecule has 104 valence electrons. The third-order valence-electron chi connectivity index (χ3n) is 3.56. The molecule has 4 nitrogen and oxygen atoms in total. The van der Waals surface area contributed by atoms with Crippen LogP contribution in [0.5, 0.6) is 0 Å². The molecular weight excluding hydrogens is 308 g/mol. The van der Waals surface area contributed by atoms with Gasteiger partial charge in [0.2, 0.25) is 0 Å². The molecule has 1 saturated carbocycles. The summed E-state index contributed by atoms with van der Waals surface area (Å²) in [6.45, 7) is 0.142. The number of anilines is 1. The predicted molar refractivity (Wildman–Crippen MR) is 79.1 cm³/mol. The molecular formula is C14H19BrN2O2. The molecule has 2 rings (SSSR count). The van der Waals surface area contributed by atoms with Crippen molar-refractivity contribution in [2.24, 2.45) is 5.92 Å². The zero-order chi connectivity index (χ0) is 13.7. The number of halogens is 1. The Labute approximate surface area is 121 Å². The van der Waals surface area contributed by atoms with Crippen molar-refractivity contribution >= 4 is 27.6 Å². The maximum absolute atomic E-state index is 11.9. The molecule has 0 spiro atoms. The van der Waals surface area contributed by atoms with Crippen LogP contribution in [0, 0.1) is 5.92 Å². The lowest BCUT2D eigenvalue weighted by Gasteiger charge is -2.30. The number of nitrogens with one attached hydrogen (secondary N) is 2. The highest BCUT2D eigenvalue weighted by molar-refractivity contribution is 9.10. The Morgan fingerprint density at radius 3 is 2.63 bits per heavy atom. The van der Waals surface area contributed by atoms with Crippen molar-refractivity contribution in [3.8, 4) is 0 Å². The second-order valence-electron chi connectivity index (χ2n) is 4.94. The summed E-state index contributed by atoms with van der Waals surface area (Å²) in [4.78, 5) is 11.9. The molecule has 1 aromatic rings. The molecule has 2 atom stereocenters. The number of hydrogen-bond donors (Lipinski definition) is 3. The molecule has 0 aliphatic heterocycles. The standard InChI is InChI=1S/C14H19BrN2O2/c15-11-5-7-12(8-6-11)16-14(19)17-13-4-2-1-3-10(13)9-18/h5-8,10,13,18H,1-4,9H2,(H2,16,17,19). The van der Waals surface area contributed by atoms with Crippen molar-refractivity contribution in [2.75, 3.05) is 11.9 Å². The minimum Gasteiger partial charge on any atom is -0.396 e. The molecule has 3 N–H and O–H groups in total. The monoisotopic (exact) mass is 326 g/mol. The Balaban J connectivity index is 1.88. The molecule has 0 heterocycles. The van der Waals surface area contributed by atoms with E-state index >= 15 is 0 Å². The number of aliphatic hydroxyl groups excluding tert-OH is 1. The fourth-order valence-electron chi connectivity index (χ4n) is 2.48. The Morgan fingerprint density at radius 2 is 1.95 bits per heavy atom. The van der Waals surface area contributed by atoms with Crippen molar-refractivity contribution in [1.29, 1.82) is 0 Å². The van der Waals surface area contributed by atoms with Gasteiger partial charge in [0.25, 0.3) is 0 Å². The highest BCUT2D eigenvalue weighted by Gasteiger charge is 2.25. The number of rotatable bonds is 3. The molecule has 0 aromatic heterocycles. The van der Waals surface area contributed by atoms with Crippen LogP contribution in [-0.4, -0.2) is 23.8 Å². The van der Waals surface area contributed by atoms with E-state index < -0.39 is 0 Å². The smallest absolute Gasteiger partial charge is 0.319 e. The first-order valence-electron chi connectivity index (χ1n) is 6.63. The fraction of sp³-hybridized carbons (Fsp3) is 0.500. The topological polar surface area (TPSA) is 61.4 Å². The number of hydrogen-bond acceptors (Lipinski definition) is 2. The quantitative estimate of drug-likeness (QED) is 0.799. The highest BCUT2D eigenvalue weighted by Crippen LogP contribution is 2.24. The van der Waals surface area contributed by atoms with Gasteiger partial charge in [0.05, 0.1) is 0 Å². The van der Waals surface area contributed by atoms with Gasteiger partial charge in [-0.3, -0.25) is 0 Å². The van der Waals surface area contributed by atoms with Gasteiger partial charge in [0, 0.05) is 28.7 Å². The lowest BCUT2D eigenvalue weighted by atomic mass is 9.85. The SMILES string of the molecule is O=C(Nc1ccc(Br)cc1)NC1CCCCC1CO. The third-order valence-corrected chi connectivity index (χ3v) is 4.09. The molecule has 0 saturated heterocycles. The van der Waals surface area contributed by atoms with Gasteiger partial charge < -0.3 is 15.7 Å². The van der Waals surface area contributed by atoms with Crippen molar-refractivity contribution < 1.29 is 9.90 Å². The molecule has 2 amide bonds. The number of amides is 2. The lowest BCUT2D eigenvalue weighted by Crippen LogP contribution is -2.45. The molecule has 1 aromatic carbocycles. The molecule has 0 bridgehead atoms. The minimum absolute atomic E-state index is 0.0780. The van der Waals surface area contributed by atoms with Crippen molar-refractivity contribution in [2.45, 2.75) is 31.7 Å². The Kier molecular flexibility index (Phi) is 5.22. The molecule has 1 aliphatic rings. The second kappa shape index (κ2) is 6.91. The number of aliphatic hydroxyl groups is 1. The number of urea groups is 1. The van der Waals surface area contributed by atoms with Gasteiger partial charge in [-0.25, -0.2) is 4.79 Å². The molecule has 0 radical (unpaired) electrons. The van der Waals surface area contributed by atoms with Gasteiger partial charge in [-0.05, 0) is 37.1 Å². The summed E-state index contributed by atoms with van der Waals surface area (Å²) in [6, 6.07) is 7.32. The summed E-state index contributed by atoms with van der Waals surface area (Å²) in [5.41, 5.74) is 0.761. The summed E-state index contributed by atoms with van der Waals surface area (Å²) in [7, 11) is 0. The van der Waals surface area contributed by atoms with Crippen LogP contribution in [0.25, 0.3) is 0 Å². The van der Waals surface area contributed by atoms with E-state index in [-0.39, 0.29) is 24.6 Å². The van der Waals surface area contributed by atoms with E-state index in [9.17, 15) is 9.90 Å². The van der Waals surface area contributed by atoms with Gasteiger partial charge in [-0.1, -0.05) is 28.8 Å². The van der Waals surface area contributed by atoms with Crippen LogP contribution in [0.1, 0.15) is 25.7 Å². The van der Waals surface area contributed by atoms with Crippen LogP contribution < -0.4 is 10.6 Å². The van der Waals surface area contributed by atoms with Crippen LogP contribution in [0.15, 0.2) is 28.7 Å². The van der Waals surface area contributed by atoms with Crippen LogP contribution in [-0.2, 0) is 0 Å². The van der Waals surface area contributed by atoms with Crippen molar-refractivity contribution in [1.82, 2.24) is 5.32 Å². The lowest BCUT2D eigenvalue weighted by molar-refractivity contribution is 0.156. The van der Waals surface area contributed by atoms with E-state index in [0.29, 0.717) is 0 Å². The fourth-order valence-corrected chi connectivity index (χ4v) is 2.75. The number of carbonyl (C=O) groups is 1. The molecule has 19 heavy (non-hydrogen) atoms. The Bertz CT molecular complexity index is 422. The first kappa shape index (κ1) is 14.3. The minimum atomic E-state index is -0.201. The highest BCUT2D eigenvalue weighted by atomic mass is 79.9. The van der Waals surface area contributed by atoms with Gasteiger partial charge in [0.15, 0.2) is 0 Å². The third kappa shape index (κ3) is 4.21. The van der Waals surface area contributed by atoms with E-state index in [1.807, 2.05) is 24.3 Å². The van der Waals surface area contributed by atoms with Crippen LogP contribution in [0.4, 0.5) is 10.5 Å². The Hall–Kier alpha value is -1.07. The summed E-state index contributed by atoms with van der Waals surface area (Å²) in [5.74, 6) is 0.185. The van der Waals surface area contributed by atoms with Crippen molar-refractivity contribution in [3.63, 3.8) is 0 Å². The van der Waals surface area contributed by atoms with Crippen LogP contribution >= 0.6 is 15.9 Å². The zero-order valence-corrected chi connectivity index (χ0v) is 12.3.